The minimum atomic E-state index is 0.432. The Labute approximate surface area is 70.8 Å². The minimum Gasteiger partial charge on any atom is -0.316 e. The minimum absolute atomic E-state index is 0.432. The van der Waals surface area contributed by atoms with Crippen molar-refractivity contribution in [1.29, 1.82) is 0 Å². The molecular weight excluding hydrogens is 162 g/mol. The number of hydroxylamine groups is 1. The number of hydrogen-bond donors (Lipinski definition) is 2. The highest BCUT2D eigenvalue weighted by atomic mass is 35.5. The number of rotatable bonds is 2. The van der Waals surface area contributed by atoms with E-state index in [9.17, 15) is 0 Å². The molecule has 1 rings (SSSR count). The van der Waals surface area contributed by atoms with Gasteiger partial charge in [-0.15, -0.1) is 0 Å². The highest BCUT2D eigenvalue weighted by molar-refractivity contribution is 6.30. The fourth-order valence-electron chi connectivity index (χ4n) is 1.01. The topological polar surface area (TPSA) is 32.3 Å². The molecule has 0 heterocycles. The third kappa shape index (κ3) is 2.50. The summed E-state index contributed by atoms with van der Waals surface area (Å²) in [4.78, 5) is 0. The van der Waals surface area contributed by atoms with Crippen LogP contribution in [0.25, 0.3) is 0 Å². The van der Waals surface area contributed by atoms with E-state index in [1.54, 1.807) is 0 Å². The third-order valence-corrected chi connectivity index (χ3v) is 1.60. The predicted octanol–water partition coefficient (Wildman–Crippen LogP) is 2.13. The second-order valence-corrected chi connectivity index (χ2v) is 2.91. The van der Waals surface area contributed by atoms with Crippen LogP contribution in [0.15, 0.2) is 18.2 Å². The van der Waals surface area contributed by atoms with Crippen LogP contribution in [0.4, 0.5) is 0 Å². The van der Waals surface area contributed by atoms with Crippen molar-refractivity contribution < 1.29 is 5.21 Å². The maximum Gasteiger partial charge on any atom is 0.0458 e. The van der Waals surface area contributed by atoms with Crippen LogP contribution in [0.3, 0.4) is 0 Å². The van der Waals surface area contributed by atoms with Crippen LogP contribution in [0.1, 0.15) is 11.1 Å². The summed E-state index contributed by atoms with van der Waals surface area (Å²) in [6, 6.07) is 5.66. The lowest BCUT2D eigenvalue weighted by Gasteiger charge is -2.01. The summed E-state index contributed by atoms with van der Waals surface area (Å²) < 4.78 is 0. The smallest absolute Gasteiger partial charge is 0.0458 e. The van der Waals surface area contributed by atoms with Gasteiger partial charge in [0.2, 0.25) is 0 Å². The van der Waals surface area contributed by atoms with Crippen molar-refractivity contribution >= 4 is 11.6 Å². The summed E-state index contributed by atoms with van der Waals surface area (Å²) in [5.41, 5.74) is 4.16. The monoisotopic (exact) mass is 171 g/mol. The molecule has 0 saturated heterocycles. The molecule has 2 nitrogen and oxygen atoms in total. The van der Waals surface area contributed by atoms with Gasteiger partial charge in [-0.1, -0.05) is 17.7 Å². The van der Waals surface area contributed by atoms with Gasteiger partial charge in [0.05, 0.1) is 0 Å². The molecule has 0 saturated carbocycles. The average molecular weight is 172 g/mol. The highest BCUT2D eigenvalue weighted by Crippen LogP contribution is 2.13. The van der Waals surface area contributed by atoms with Gasteiger partial charge in [0.1, 0.15) is 0 Å². The molecule has 0 radical (unpaired) electrons. The zero-order chi connectivity index (χ0) is 8.27. The quantitative estimate of drug-likeness (QED) is 0.669. The van der Waals surface area contributed by atoms with Gasteiger partial charge in [0.15, 0.2) is 0 Å². The summed E-state index contributed by atoms with van der Waals surface area (Å²) in [7, 11) is 0. The van der Waals surface area contributed by atoms with Crippen molar-refractivity contribution in [2.75, 3.05) is 0 Å². The van der Waals surface area contributed by atoms with Crippen molar-refractivity contribution in [3.63, 3.8) is 0 Å². The molecule has 0 aliphatic carbocycles. The Hall–Kier alpha value is -0.570. The average Bonchev–Trinajstić information content (AvgIpc) is 1.85. The molecule has 0 spiro atoms. The zero-order valence-corrected chi connectivity index (χ0v) is 7.02. The molecular formula is C8H10ClNO. The molecule has 11 heavy (non-hydrogen) atoms. The molecule has 0 unspecified atom stereocenters. The van der Waals surface area contributed by atoms with Crippen LogP contribution in [-0.4, -0.2) is 5.21 Å². The first-order chi connectivity index (χ1) is 5.22. The van der Waals surface area contributed by atoms with Gasteiger partial charge in [-0.25, -0.2) is 5.48 Å². The maximum absolute atomic E-state index is 8.41. The number of hydrogen-bond acceptors (Lipinski definition) is 2. The fourth-order valence-corrected chi connectivity index (χ4v) is 1.32. The normalized spacial score (nSPS) is 10.1. The van der Waals surface area contributed by atoms with E-state index in [0.717, 1.165) is 11.1 Å². The Bertz CT molecular complexity index is 230. The van der Waals surface area contributed by atoms with Crippen LogP contribution in [0.5, 0.6) is 0 Å². The van der Waals surface area contributed by atoms with Gasteiger partial charge in [-0.2, -0.15) is 0 Å². The maximum atomic E-state index is 8.41. The van der Waals surface area contributed by atoms with Crippen LogP contribution in [0, 0.1) is 6.92 Å². The molecule has 0 aromatic heterocycles. The van der Waals surface area contributed by atoms with Crippen molar-refractivity contribution in [3.8, 4) is 0 Å². The van der Waals surface area contributed by atoms with Crippen LogP contribution in [0.2, 0.25) is 5.02 Å². The van der Waals surface area contributed by atoms with E-state index in [-0.39, 0.29) is 0 Å². The first-order valence-electron chi connectivity index (χ1n) is 3.35. The van der Waals surface area contributed by atoms with Crippen molar-refractivity contribution in [1.82, 2.24) is 5.48 Å². The van der Waals surface area contributed by atoms with Gasteiger partial charge < -0.3 is 5.21 Å². The second kappa shape index (κ2) is 3.72. The molecule has 0 atom stereocenters. The van der Waals surface area contributed by atoms with E-state index < -0.39 is 0 Å². The lowest BCUT2D eigenvalue weighted by atomic mass is 10.1. The second-order valence-electron chi connectivity index (χ2n) is 2.47. The van der Waals surface area contributed by atoms with Gasteiger partial charge in [0, 0.05) is 11.6 Å². The van der Waals surface area contributed by atoms with Gasteiger partial charge in [0.25, 0.3) is 0 Å². The SMILES string of the molecule is Cc1cc(Cl)cc(CNO)c1. The summed E-state index contributed by atoms with van der Waals surface area (Å²) in [5.74, 6) is 0. The lowest BCUT2D eigenvalue weighted by molar-refractivity contribution is 0.161. The summed E-state index contributed by atoms with van der Waals surface area (Å²) in [6.07, 6.45) is 0. The number of nitrogens with one attached hydrogen (secondary N) is 1. The first-order valence-corrected chi connectivity index (χ1v) is 3.73. The molecule has 0 aliphatic rings. The summed E-state index contributed by atoms with van der Waals surface area (Å²) >= 11 is 5.78. The molecule has 0 fully saturated rings. The molecule has 0 aliphatic heterocycles. The Morgan fingerprint density at radius 1 is 1.45 bits per heavy atom. The highest BCUT2D eigenvalue weighted by Gasteiger charge is 1.94. The van der Waals surface area contributed by atoms with E-state index >= 15 is 0 Å². The fraction of sp³-hybridized carbons (Fsp3) is 0.250. The third-order valence-electron chi connectivity index (χ3n) is 1.39. The van der Waals surface area contributed by atoms with Gasteiger partial charge >= 0.3 is 0 Å². The van der Waals surface area contributed by atoms with Crippen LogP contribution < -0.4 is 5.48 Å². The van der Waals surface area contributed by atoms with Crippen LogP contribution >= 0.6 is 11.6 Å². The Balaban J connectivity index is 2.89. The molecule has 0 amide bonds. The molecule has 60 valence electrons. The summed E-state index contributed by atoms with van der Waals surface area (Å²) in [6.45, 7) is 2.40. The van der Waals surface area contributed by atoms with Crippen LogP contribution in [-0.2, 0) is 6.54 Å². The van der Waals surface area contributed by atoms with Gasteiger partial charge in [-0.3, -0.25) is 0 Å². The molecule has 1 aromatic carbocycles. The number of halogens is 1. The van der Waals surface area contributed by atoms with Crippen molar-refractivity contribution in [2.24, 2.45) is 0 Å². The van der Waals surface area contributed by atoms with Crippen molar-refractivity contribution in [2.45, 2.75) is 13.5 Å². The first kappa shape index (κ1) is 8.53. The van der Waals surface area contributed by atoms with Crippen molar-refractivity contribution in [3.05, 3.63) is 34.3 Å². The predicted molar refractivity (Wildman–Crippen MR) is 44.8 cm³/mol. The Morgan fingerprint density at radius 3 is 2.73 bits per heavy atom. The molecule has 0 bridgehead atoms. The van der Waals surface area contributed by atoms with E-state index in [1.165, 1.54) is 0 Å². The molecule has 3 heteroatoms. The standard InChI is InChI=1S/C8H10ClNO/c1-6-2-7(5-10-11)4-8(9)3-6/h2-4,10-11H,5H2,1H3. The Kier molecular flexibility index (Phi) is 2.88. The zero-order valence-electron chi connectivity index (χ0n) is 6.26. The number of benzene rings is 1. The van der Waals surface area contributed by atoms with E-state index in [0.29, 0.717) is 11.6 Å². The van der Waals surface area contributed by atoms with E-state index in [4.69, 9.17) is 16.8 Å². The number of aryl methyl sites for hydroxylation is 1. The Morgan fingerprint density at radius 2 is 2.18 bits per heavy atom. The lowest BCUT2D eigenvalue weighted by Crippen LogP contribution is -2.05. The molecule has 2 N–H and O–H groups in total. The molecule has 1 aromatic rings. The largest absolute Gasteiger partial charge is 0.316 e. The van der Waals surface area contributed by atoms with E-state index in [1.807, 2.05) is 25.1 Å². The van der Waals surface area contributed by atoms with E-state index in [2.05, 4.69) is 5.48 Å². The van der Waals surface area contributed by atoms with Gasteiger partial charge in [-0.05, 0) is 30.2 Å². The summed E-state index contributed by atoms with van der Waals surface area (Å²) in [5, 5.41) is 9.11.